The second kappa shape index (κ2) is 5.00. The zero-order chi connectivity index (χ0) is 16.2. The summed E-state index contributed by atoms with van der Waals surface area (Å²) in [7, 11) is 1.71. The van der Waals surface area contributed by atoms with Gasteiger partial charge in [-0.2, -0.15) is 0 Å². The molecule has 0 bridgehead atoms. The second-order valence-corrected chi connectivity index (χ2v) is 7.57. The number of fused-ring (bicyclic) bond motifs is 5. The van der Waals surface area contributed by atoms with E-state index in [9.17, 15) is 5.11 Å². The van der Waals surface area contributed by atoms with Crippen molar-refractivity contribution in [2.24, 2.45) is 11.3 Å². The number of rotatable bonds is 1. The normalized spacial score (nSPS) is 41.4. The third kappa shape index (κ3) is 1.92. The molecule has 3 nitrogen and oxygen atoms in total. The van der Waals surface area contributed by atoms with Crippen LogP contribution < -0.4 is 4.74 Å². The van der Waals surface area contributed by atoms with Crippen LogP contribution in [0, 0.1) is 23.7 Å². The van der Waals surface area contributed by atoms with Gasteiger partial charge in [-0.15, -0.1) is 6.42 Å². The number of ether oxygens (including phenoxy) is 2. The van der Waals surface area contributed by atoms with Crippen molar-refractivity contribution in [3.05, 3.63) is 29.3 Å². The molecule has 4 unspecified atom stereocenters. The fourth-order valence-electron chi connectivity index (χ4n) is 5.17. The zero-order valence-corrected chi connectivity index (χ0v) is 13.8. The Morgan fingerprint density at radius 1 is 1.39 bits per heavy atom. The van der Waals surface area contributed by atoms with E-state index < -0.39 is 5.60 Å². The van der Waals surface area contributed by atoms with Crippen molar-refractivity contribution in [3.63, 3.8) is 0 Å². The lowest BCUT2D eigenvalue weighted by Gasteiger charge is -2.50. The van der Waals surface area contributed by atoms with Crippen molar-refractivity contribution in [3.8, 4) is 18.1 Å². The Bertz CT molecular complexity index is 676. The van der Waals surface area contributed by atoms with Crippen molar-refractivity contribution in [2.45, 2.75) is 50.2 Å². The van der Waals surface area contributed by atoms with E-state index in [1.54, 1.807) is 7.11 Å². The third-order valence-electron chi connectivity index (χ3n) is 6.66. The Morgan fingerprint density at radius 2 is 2.22 bits per heavy atom. The molecule has 122 valence electrons. The summed E-state index contributed by atoms with van der Waals surface area (Å²) in [5.41, 5.74) is 1.39. The Balaban J connectivity index is 1.70. The number of aliphatic hydroxyl groups is 1. The van der Waals surface area contributed by atoms with Crippen LogP contribution in [0.3, 0.4) is 0 Å². The van der Waals surface area contributed by atoms with E-state index in [1.807, 2.05) is 0 Å². The monoisotopic (exact) mass is 312 g/mol. The molecule has 4 rings (SSSR count). The van der Waals surface area contributed by atoms with Crippen LogP contribution in [0.25, 0.3) is 0 Å². The maximum Gasteiger partial charge on any atom is 0.156 e. The van der Waals surface area contributed by atoms with Crippen molar-refractivity contribution >= 4 is 0 Å². The fraction of sp³-hybridized carbons (Fsp3) is 0.600. The number of methoxy groups -OCH3 is 1. The molecule has 1 saturated carbocycles. The number of aryl methyl sites for hydroxylation is 1. The van der Waals surface area contributed by atoms with E-state index in [0.29, 0.717) is 11.8 Å². The molecule has 0 radical (unpaired) electrons. The Labute approximate surface area is 138 Å². The zero-order valence-electron chi connectivity index (χ0n) is 13.8. The molecule has 1 aliphatic heterocycles. The van der Waals surface area contributed by atoms with Gasteiger partial charge in [0, 0.05) is 5.41 Å². The molecule has 1 heterocycles. The maximum absolute atomic E-state index is 10.8. The standard InChI is InChI=1S/C20H24O3/c1-4-20(21)12-23-18-17-7-5-13-11-14(22-3)6-8-15(13)16(17)9-10-19(18,20)2/h1,6,8,11,16-18,21H,5,7,9-10,12H2,2-3H3/t16?,17?,18?,19?,20-/m0/s1. The molecule has 0 aromatic heterocycles. The summed E-state index contributed by atoms with van der Waals surface area (Å²) in [5.74, 6) is 4.50. The van der Waals surface area contributed by atoms with E-state index in [2.05, 4.69) is 31.0 Å². The molecule has 1 aromatic rings. The molecule has 1 N–H and O–H groups in total. The van der Waals surface area contributed by atoms with Gasteiger partial charge in [-0.05, 0) is 60.8 Å². The summed E-state index contributed by atoms with van der Waals surface area (Å²) in [6.45, 7) is 2.38. The third-order valence-corrected chi connectivity index (χ3v) is 6.66. The van der Waals surface area contributed by atoms with E-state index in [-0.39, 0.29) is 18.1 Å². The molecule has 5 atom stereocenters. The smallest absolute Gasteiger partial charge is 0.156 e. The first-order valence-electron chi connectivity index (χ1n) is 8.51. The summed E-state index contributed by atoms with van der Waals surface area (Å²) in [6.07, 6.45) is 9.79. The van der Waals surface area contributed by atoms with E-state index >= 15 is 0 Å². The first kappa shape index (κ1) is 15.1. The molecule has 0 amide bonds. The average Bonchev–Trinajstić information content (AvgIpc) is 2.86. The number of hydrogen-bond donors (Lipinski definition) is 1. The molecule has 1 aromatic carbocycles. The lowest BCUT2D eigenvalue weighted by atomic mass is 9.55. The summed E-state index contributed by atoms with van der Waals surface area (Å²) in [5, 5.41) is 10.8. The Morgan fingerprint density at radius 3 is 2.96 bits per heavy atom. The average molecular weight is 312 g/mol. The fourth-order valence-corrected chi connectivity index (χ4v) is 5.17. The molecule has 23 heavy (non-hydrogen) atoms. The van der Waals surface area contributed by atoms with E-state index in [1.165, 1.54) is 11.1 Å². The largest absolute Gasteiger partial charge is 0.497 e. The SMILES string of the molecule is C#C[C@]1(O)COC2C3CCc4cc(OC)ccc4C3CCC21C. The van der Waals surface area contributed by atoms with Crippen LogP contribution in [0.4, 0.5) is 0 Å². The van der Waals surface area contributed by atoms with Crippen LogP contribution >= 0.6 is 0 Å². The molecule has 3 heteroatoms. The quantitative estimate of drug-likeness (QED) is 0.810. The lowest BCUT2D eigenvalue weighted by Crippen LogP contribution is -2.53. The second-order valence-electron chi connectivity index (χ2n) is 7.57. The van der Waals surface area contributed by atoms with Gasteiger partial charge in [-0.3, -0.25) is 0 Å². The molecule has 2 aliphatic carbocycles. The van der Waals surface area contributed by atoms with Crippen LogP contribution in [-0.2, 0) is 11.2 Å². The highest BCUT2D eigenvalue weighted by Gasteiger charge is 2.62. The lowest BCUT2D eigenvalue weighted by molar-refractivity contribution is -0.0625. The molecule has 3 aliphatic rings. The van der Waals surface area contributed by atoms with Crippen molar-refractivity contribution < 1.29 is 14.6 Å². The highest BCUT2D eigenvalue weighted by molar-refractivity contribution is 5.41. The van der Waals surface area contributed by atoms with E-state index in [4.69, 9.17) is 15.9 Å². The van der Waals surface area contributed by atoms with Crippen LogP contribution in [0.15, 0.2) is 18.2 Å². The minimum absolute atomic E-state index is 0.0533. The van der Waals surface area contributed by atoms with Gasteiger partial charge in [0.1, 0.15) is 5.75 Å². The van der Waals surface area contributed by atoms with Crippen LogP contribution in [0.1, 0.15) is 43.2 Å². The van der Waals surface area contributed by atoms with Crippen molar-refractivity contribution in [1.29, 1.82) is 0 Å². The van der Waals surface area contributed by atoms with Gasteiger partial charge in [0.15, 0.2) is 5.60 Å². The van der Waals surface area contributed by atoms with Gasteiger partial charge in [-0.1, -0.05) is 18.9 Å². The highest BCUT2D eigenvalue weighted by atomic mass is 16.5. The van der Waals surface area contributed by atoms with Gasteiger partial charge in [0.2, 0.25) is 0 Å². The minimum atomic E-state index is -1.12. The molecule has 0 spiro atoms. The van der Waals surface area contributed by atoms with E-state index in [0.717, 1.165) is 31.4 Å². The van der Waals surface area contributed by atoms with Crippen LogP contribution in [-0.4, -0.2) is 30.5 Å². The van der Waals surface area contributed by atoms with Gasteiger partial charge in [-0.25, -0.2) is 0 Å². The molecular weight excluding hydrogens is 288 g/mol. The molecule has 1 saturated heterocycles. The van der Waals surface area contributed by atoms with Gasteiger partial charge in [0.25, 0.3) is 0 Å². The Hall–Kier alpha value is -1.50. The minimum Gasteiger partial charge on any atom is -0.497 e. The first-order chi connectivity index (χ1) is 11.0. The van der Waals surface area contributed by atoms with Gasteiger partial charge < -0.3 is 14.6 Å². The predicted molar refractivity (Wildman–Crippen MR) is 88.4 cm³/mol. The highest BCUT2D eigenvalue weighted by Crippen LogP contribution is 2.59. The summed E-state index contributed by atoms with van der Waals surface area (Å²) >= 11 is 0. The summed E-state index contributed by atoms with van der Waals surface area (Å²) in [4.78, 5) is 0. The van der Waals surface area contributed by atoms with Gasteiger partial charge in [0.05, 0.1) is 19.8 Å². The van der Waals surface area contributed by atoms with Crippen LogP contribution in [0.5, 0.6) is 5.75 Å². The first-order valence-corrected chi connectivity index (χ1v) is 8.51. The van der Waals surface area contributed by atoms with Crippen LogP contribution in [0.2, 0.25) is 0 Å². The number of hydrogen-bond acceptors (Lipinski definition) is 3. The number of benzene rings is 1. The molecular formula is C20H24O3. The Kier molecular flexibility index (Phi) is 3.27. The topological polar surface area (TPSA) is 38.7 Å². The summed E-state index contributed by atoms with van der Waals surface area (Å²) < 4.78 is 11.4. The molecule has 2 fully saturated rings. The van der Waals surface area contributed by atoms with Gasteiger partial charge >= 0.3 is 0 Å². The summed E-state index contributed by atoms with van der Waals surface area (Å²) in [6, 6.07) is 6.45. The predicted octanol–water partition coefficient (Wildman–Crippen LogP) is 2.90. The maximum atomic E-state index is 10.8. The van der Waals surface area contributed by atoms with Crippen molar-refractivity contribution in [1.82, 2.24) is 0 Å². The van der Waals surface area contributed by atoms with Crippen molar-refractivity contribution in [2.75, 3.05) is 13.7 Å². The number of terminal acetylenes is 1.